The molecule has 2 N–H and O–H groups in total. The summed E-state index contributed by atoms with van der Waals surface area (Å²) in [6.07, 6.45) is 6.13. The summed E-state index contributed by atoms with van der Waals surface area (Å²) in [6.45, 7) is 6.49. The van der Waals surface area contributed by atoms with Gasteiger partial charge < -0.3 is 15.2 Å². The fourth-order valence-corrected chi connectivity index (χ4v) is 2.38. The summed E-state index contributed by atoms with van der Waals surface area (Å²) in [4.78, 5) is 6.85. The average Bonchev–Trinajstić information content (AvgIpc) is 2.84. The SMILES string of the molecule is Cn1ccnc1CCN1CCC(C)(CN)C1. The molecule has 0 bridgehead atoms. The second-order valence-corrected chi connectivity index (χ2v) is 5.25. The number of likely N-dealkylation sites (tertiary alicyclic amines) is 1. The van der Waals surface area contributed by atoms with E-state index in [-0.39, 0.29) is 0 Å². The zero-order valence-corrected chi connectivity index (χ0v) is 10.3. The summed E-state index contributed by atoms with van der Waals surface area (Å²) in [5.74, 6) is 1.17. The Hall–Kier alpha value is -0.870. The molecular formula is C12H22N4. The van der Waals surface area contributed by atoms with Gasteiger partial charge in [-0.1, -0.05) is 6.92 Å². The topological polar surface area (TPSA) is 47.1 Å². The molecule has 1 aromatic rings. The molecule has 1 aromatic heterocycles. The molecule has 1 atom stereocenters. The molecule has 16 heavy (non-hydrogen) atoms. The van der Waals surface area contributed by atoms with Crippen LogP contribution >= 0.6 is 0 Å². The summed E-state index contributed by atoms with van der Waals surface area (Å²) in [5, 5.41) is 0. The van der Waals surface area contributed by atoms with Crippen molar-refractivity contribution >= 4 is 0 Å². The number of imidazole rings is 1. The van der Waals surface area contributed by atoms with Gasteiger partial charge in [-0.25, -0.2) is 4.98 Å². The number of nitrogens with two attached hydrogens (primary N) is 1. The first-order valence-electron chi connectivity index (χ1n) is 6.02. The molecule has 1 aliphatic rings. The maximum atomic E-state index is 5.80. The minimum Gasteiger partial charge on any atom is -0.338 e. The maximum Gasteiger partial charge on any atom is 0.109 e. The van der Waals surface area contributed by atoms with Crippen LogP contribution in [0.1, 0.15) is 19.2 Å². The average molecular weight is 222 g/mol. The third-order valence-electron chi connectivity index (χ3n) is 3.70. The number of hydrogen-bond donors (Lipinski definition) is 1. The van der Waals surface area contributed by atoms with E-state index in [1.807, 2.05) is 12.4 Å². The summed E-state index contributed by atoms with van der Waals surface area (Å²) in [7, 11) is 2.05. The Balaban J connectivity index is 1.82. The van der Waals surface area contributed by atoms with Crippen LogP contribution in [0.5, 0.6) is 0 Å². The molecule has 0 spiro atoms. The number of aromatic nitrogens is 2. The van der Waals surface area contributed by atoms with Crippen LogP contribution in [0.15, 0.2) is 12.4 Å². The van der Waals surface area contributed by atoms with Crippen LogP contribution < -0.4 is 5.73 Å². The summed E-state index contributed by atoms with van der Waals surface area (Å²) in [5.41, 5.74) is 6.14. The molecule has 1 aliphatic heterocycles. The fraction of sp³-hybridized carbons (Fsp3) is 0.750. The molecule has 4 nitrogen and oxygen atoms in total. The minimum absolute atomic E-state index is 0.335. The summed E-state index contributed by atoms with van der Waals surface area (Å²) < 4.78 is 2.10. The molecule has 2 rings (SSSR count). The van der Waals surface area contributed by atoms with Crippen molar-refractivity contribution in [2.24, 2.45) is 18.2 Å². The lowest BCUT2D eigenvalue weighted by Crippen LogP contribution is -2.32. The van der Waals surface area contributed by atoms with E-state index >= 15 is 0 Å². The molecule has 1 unspecified atom stereocenters. The van der Waals surface area contributed by atoms with Gasteiger partial charge in [0.1, 0.15) is 5.82 Å². The Bertz CT molecular complexity index is 347. The highest BCUT2D eigenvalue weighted by atomic mass is 15.2. The summed E-state index contributed by atoms with van der Waals surface area (Å²) >= 11 is 0. The molecule has 0 radical (unpaired) electrons. The Morgan fingerprint density at radius 3 is 2.94 bits per heavy atom. The zero-order valence-electron chi connectivity index (χ0n) is 10.3. The number of rotatable bonds is 4. The largest absolute Gasteiger partial charge is 0.338 e. The Labute approximate surface area is 97.4 Å². The van der Waals surface area contributed by atoms with Crippen molar-refractivity contribution in [2.75, 3.05) is 26.2 Å². The number of aryl methyl sites for hydroxylation is 1. The Morgan fingerprint density at radius 1 is 1.56 bits per heavy atom. The second kappa shape index (κ2) is 4.55. The van der Waals surface area contributed by atoms with E-state index in [1.165, 1.54) is 18.8 Å². The van der Waals surface area contributed by atoms with Gasteiger partial charge in [0.05, 0.1) is 0 Å². The van der Waals surface area contributed by atoms with E-state index < -0.39 is 0 Å². The van der Waals surface area contributed by atoms with Crippen LogP contribution in [0.4, 0.5) is 0 Å². The van der Waals surface area contributed by atoms with E-state index in [0.717, 1.165) is 26.1 Å². The minimum atomic E-state index is 0.335. The van der Waals surface area contributed by atoms with Crippen LogP contribution in [-0.4, -0.2) is 40.6 Å². The maximum absolute atomic E-state index is 5.80. The van der Waals surface area contributed by atoms with Gasteiger partial charge >= 0.3 is 0 Å². The fourth-order valence-electron chi connectivity index (χ4n) is 2.38. The first-order chi connectivity index (χ1) is 7.63. The van der Waals surface area contributed by atoms with Crippen molar-refractivity contribution in [2.45, 2.75) is 19.8 Å². The van der Waals surface area contributed by atoms with E-state index in [0.29, 0.717) is 5.41 Å². The Morgan fingerprint density at radius 2 is 2.38 bits per heavy atom. The highest BCUT2D eigenvalue weighted by Crippen LogP contribution is 2.28. The van der Waals surface area contributed by atoms with Crippen LogP contribution in [0.3, 0.4) is 0 Å². The lowest BCUT2D eigenvalue weighted by molar-refractivity contribution is 0.281. The second-order valence-electron chi connectivity index (χ2n) is 5.25. The van der Waals surface area contributed by atoms with E-state index in [4.69, 9.17) is 5.73 Å². The molecular weight excluding hydrogens is 200 g/mol. The van der Waals surface area contributed by atoms with Gasteiger partial charge in [-0.3, -0.25) is 0 Å². The third kappa shape index (κ3) is 2.44. The molecule has 0 aromatic carbocycles. The zero-order chi connectivity index (χ0) is 11.6. The normalized spacial score (nSPS) is 26.4. The van der Waals surface area contributed by atoms with E-state index in [1.54, 1.807) is 0 Å². The van der Waals surface area contributed by atoms with Crippen LogP contribution in [-0.2, 0) is 13.5 Å². The summed E-state index contributed by atoms with van der Waals surface area (Å²) in [6, 6.07) is 0. The van der Waals surface area contributed by atoms with Crippen molar-refractivity contribution in [1.29, 1.82) is 0 Å². The molecule has 2 heterocycles. The van der Waals surface area contributed by atoms with Gasteiger partial charge in [-0.15, -0.1) is 0 Å². The lowest BCUT2D eigenvalue weighted by Gasteiger charge is -2.22. The van der Waals surface area contributed by atoms with Gasteiger partial charge in [-0.05, 0) is 24.9 Å². The van der Waals surface area contributed by atoms with Gasteiger partial charge in [0.2, 0.25) is 0 Å². The predicted molar refractivity (Wildman–Crippen MR) is 65.1 cm³/mol. The quantitative estimate of drug-likeness (QED) is 0.813. The van der Waals surface area contributed by atoms with Crippen LogP contribution in [0, 0.1) is 5.41 Å². The Kier molecular flexibility index (Phi) is 3.30. The first kappa shape index (κ1) is 11.6. The molecule has 90 valence electrons. The van der Waals surface area contributed by atoms with Crippen molar-refractivity contribution in [3.63, 3.8) is 0 Å². The highest BCUT2D eigenvalue weighted by Gasteiger charge is 2.31. The standard InChI is InChI=1S/C12H22N4/c1-12(9-13)4-7-16(10-12)6-3-11-14-5-8-15(11)2/h5,8H,3-4,6-7,9-10,13H2,1-2H3. The van der Waals surface area contributed by atoms with E-state index in [2.05, 4.69) is 28.4 Å². The predicted octanol–water partition coefficient (Wildman–Crippen LogP) is 0.633. The molecule has 1 saturated heterocycles. The van der Waals surface area contributed by atoms with Crippen molar-refractivity contribution in [3.8, 4) is 0 Å². The molecule has 1 fully saturated rings. The van der Waals surface area contributed by atoms with Crippen molar-refractivity contribution in [3.05, 3.63) is 18.2 Å². The van der Waals surface area contributed by atoms with Gasteiger partial charge in [0.25, 0.3) is 0 Å². The smallest absolute Gasteiger partial charge is 0.109 e. The molecule has 0 saturated carbocycles. The number of nitrogens with zero attached hydrogens (tertiary/aromatic N) is 3. The highest BCUT2D eigenvalue weighted by molar-refractivity contribution is 4.93. The van der Waals surface area contributed by atoms with Crippen LogP contribution in [0.2, 0.25) is 0 Å². The van der Waals surface area contributed by atoms with Crippen molar-refractivity contribution in [1.82, 2.24) is 14.5 Å². The third-order valence-corrected chi connectivity index (χ3v) is 3.70. The van der Waals surface area contributed by atoms with Crippen LogP contribution in [0.25, 0.3) is 0 Å². The molecule has 0 amide bonds. The molecule has 4 heteroatoms. The van der Waals surface area contributed by atoms with Crippen molar-refractivity contribution < 1.29 is 0 Å². The number of hydrogen-bond acceptors (Lipinski definition) is 3. The van der Waals surface area contributed by atoms with Gasteiger partial charge in [0.15, 0.2) is 0 Å². The monoisotopic (exact) mass is 222 g/mol. The van der Waals surface area contributed by atoms with E-state index in [9.17, 15) is 0 Å². The van der Waals surface area contributed by atoms with Gasteiger partial charge in [-0.2, -0.15) is 0 Å². The van der Waals surface area contributed by atoms with Gasteiger partial charge in [0, 0.05) is 39.0 Å². The lowest BCUT2D eigenvalue weighted by atomic mass is 9.90. The first-order valence-corrected chi connectivity index (χ1v) is 6.02. The molecule has 0 aliphatic carbocycles.